The smallest absolute Gasteiger partial charge is 0.290 e. The van der Waals surface area contributed by atoms with Crippen molar-refractivity contribution in [2.45, 2.75) is 25.4 Å². The molecule has 0 bridgehead atoms. The lowest BCUT2D eigenvalue weighted by atomic mass is 10.1. The van der Waals surface area contributed by atoms with E-state index in [4.69, 9.17) is 16.0 Å². The first kappa shape index (κ1) is 19.0. The van der Waals surface area contributed by atoms with Crippen molar-refractivity contribution in [3.63, 3.8) is 0 Å². The second-order valence-corrected chi connectivity index (χ2v) is 7.80. The van der Waals surface area contributed by atoms with Crippen molar-refractivity contribution in [2.75, 3.05) is 32.7 Å². The lowest BCUT2D eigenvalue weighted by Gasteiger charge is -2.37. The molecule has 148 valence electrons. The molecule has 0 spiro atoms. The van der Waals surface area contributed by atoms with Crippen LogP contribution in [-0.4, -0.2) is 65.3 Å². The zero-order chi connectivity index (χ0) is 19.5. The zero-order valence-electron chi connectivity index (χ0n) is 15.7. The number of rotatable bonds is 4. The summed E-state index contributed by atoms with van der Waals surface area (Å²) in [5.41, 5.74) is 1.22. The van der Waals surface area contributed by atoms with Gasteiger partial charge >= 0.3 is 0 Å². The van der Waals surface area contributed by atoms with Gasteiger partial charge in [-0.05, 0) is 42.7 Å². The van der Waals surface area contributed by atoms with Gasteiger partial charge in [0.2, 0.25) is 5.91 Å². The first-order chi connectivity index (χ1) is 13.6. The van der Waals surface area contributed by atoms with Crippen LogP contribution >= 0.6 is 11.6 Å². The van der Waals surface area contributed by atoms with Gasteiger partial charge in [-0.3, -0.25) is 14.5 Å². The van der Waals surface area contributed by atoms with E-state index in [9.17, 15) is 9.59 Å². The van der Waals surface area contributed by atoms with Crippen molar-refractivity contribution in [1.82, 2.24) is 14.7 Å². The fourth-order valence-electron chi connectivity index (χ4n) is 3.99. The Labute approximate surface area is 169 Å². The van der Waals surface area contributed by atoms with E-state index >= 15 is 0 Å². The number of nitrogens with zero attached hydrogens (tertiary/aromatic N) is 3. The number of amides is 2. The van der Waals surface area contributed by atoms with Crippen LogP contribution in [0.25, 0.3) is 0 Å². The molecule has 1 aromatic carbocycles. The predicted molar refractivity (Wildman–Crippen MR) is 106 cm³/mol. The number of furan rings is 1. The second kappa shape index (κ2) is 8.37. The number of hydrogen-bond acceptors (Lipinski definition) is 4. The summed E-state index contributed by atoms with van der Waals surface area (Å²) in [6, 6.07) is 10.9. The second-order valence-electron chi connectivity index (χ2n) is 7.36. The molecule has 2 fully saturated rings. The van der Waals surface area contributed by atoms with Crippen molar-refractivity contribution >= 4 is 23.4 Å². The summed E-state index contributed by atoms with van der Waals surface area (Å²) in [6.07, 6.45) is 3.05. The van der Waals surface area contributed by atoms with E-state index in [1.54, 1.807) is 17.0 Å². The maximum absolute atomic E-state index is 13.1. The highest BCUT2D eigenvalue weighted by molar-refractivity contribution is 6.30. The normalized spacial score (nSPS) is 20.5. The Morgan fingerprint density at radius 2 is 1.79 bits per heavy atom. The third-order valence-corrected chi connectivity index (χ3v) is 5.79. The molecule has 3 heterocycles. The fourth-order valence-corrected chi connectivity index (χ4v) is 4.12. The monoisotopic (exact) mass is 401 g/mol. The van der Waals surface area contributed by atoms with Crippen LogP contribution in [0.3, 0.4) is 0 Å². The molecule has 1 aromatic heterocycles. The highest BCUT2D eigenvalue weighted by atomic mass is 35.5. The van der Waals surface area contributed by atoms with Crippen LogP contribution in [0.15, 0.2) is 47.1 Å². The van der Waals surface area contributed by atoms with E-state index in [1.165, 1.54) is 11.8 Å². The highest BCUT2D eigenvalue weighted by Gasteiger charge is 2.38. The molecule has 2 aliphatic rings. The molecule has 4 rings (SSSR count). The molecule has 0 radical (unpaired) electrons. The summed E-state index contributed by atoms with van der Waals surface area (Å²) in [7, 11) is 0. The molecular formula is C21H24ClN3O3. The van der Waals surface area contributed by atoms with Crippen LogP contribution in [-0.2, 0) is 11.3 Å². The number of carbonyl (C=O) groups is 2. The van der Waals surface area contributed by atoms with E-state index in [-0.39, 0.29) is 17.9 Å². The van der Waals surface area contributed by atoms with E-state index in [1.807, 2.05) is 29.2 Å². The molecule has 28 heavy (non-hydrogen) atoms. The quantitative estimate of drug-likeness (QED) is 0.790. The van der Waals surface area contributed by atoms with Gasteiger partial charge in [-0.1, -0.05) is 23.7 Å². The maximum atomic E-state index is 13.1. The van der Waals surface area contributed by atoms with Gasteiger partial charge in [-0.15, -0.1) is 0 Å². The van der Waals surface area contributed by atoms with Crippen molar-refractivity contribution < 1.29 is 14.0 Å². The van der Waals surface area contributed by atoms with Gasteiger partial charge in [0.15, 0.2) is 5.76 Å². The summed E-state index contributed by atoms with van der Waals surface area (Å²) in [4.78, 5) is 31.6. The maximum Gasteiger partial charge on any atom is 0.290 e. The molecule has 2 aromatic rings. The molecule has 7 heteroatoms. The topological polar surface area (TPSA) is 57.0 Å². The molecule has 2 amide bonds. The predicted octanol–water partition coefficient (Wildman–Crippen LogP) is 2.88. The van der Waals surface area contributed by atoms with Crippen molar-refractivity contribution in [1.29, 1.82) is 0 Å². The Morgan fingerprint density at radius 1 is 1.04 bits per heavy atom. The zero-order valence-corrected chi connectivity index (χ0v) is 16.5. The molecule has 1 atom stereocenters. The molecule has 2 saturated heterocycles. The van der Waals surface area contributed by atoms with Gasteiger partial charge in [0.1, 0.15) is 6.04 Å². The molecule has 0 N–H and O–H groups in total. The van der Waals surface area contributed by atoms with Crippen LogP contribution < -0.4 is 0 Å². The van der Waals surface area contributed by atoms with Gasteiger partial charge < -0.3 is 14.2 Å². The summed E-state index contributed by atoms with van der Waals surface area (Å²) in [5, 5.41) is 0.740. The molecule has 6 nitrogen and oxygen atoms in total. The van der Waals surface area contributed by atoms with Gasteiger partial charge in [0.25, 0.3) is 5.91 Å². The average Bonchev–Trinajstić information content (AvgIpc) is 3.41. The first-order valence-electron chi connectivity index (χ1n) is 9.72. The van der Waals surface area contributed by atoms with Gasteiger partial charge in [0, 0.05) is 44.3 Å². The molecule has 0 unspecified atom stereocenters. The standard InChI is InChI=1S/C21H24ClN3O3/c22-17-7-5-16(6-8-17)15-23-10-12-24(13-11-23)20(26)18-3-1-9-25(18)21(27)19-4-2-14-28-19/h2,4-8,14,18H,1,3,9-13,15H2/t18-/m1/s1. The van der Waals surface area contributed by atoms with Crippen molar-refractivity contribution in [3.05, 3.63) is 59.0 Å². The number of hydrogen-bond donors (Lipinski definition) is 0. The average molecular weight is 402 g/mol. The minimum absolute atomic E-state index is 0.0588. The Morgan fingerprint density at radius 3 is 2.46 bits per heavy atom. The van der Waals surface area contributed by atoms with Crippen LogP contribution in [0, 0.1) is 0 Å². The lowest BCUT2D eigenvalue weighted by molar-refractivity contribution is -0.137. The Balaban J connectivity index is 1.33. The molecule has 2 aliphatic heterocycles. The number of likely N-dealkylation sites (tertiary alicyclic amines) is 1. The number of carbonyl (C=O) groups excluding carboxylic acids is 2. The Kier molecular flexibility index (Phi) is 5.69. The third kappa shape index (κ3) is 4.08. The van der Waals surface area contributed by atoms with Crippen molar-refractivity contribution in [2.24, 2.45) is 0 Å². The number of benzene rings is 1. The molecular weight excluding hydrogens is 378 g/mol. The fraction of sp³-hybridized carbons (Fsp3) is 0.429. The van der Waals surface area contributed by atoms with Crippen LogP contribution in [0.1, 0.15) is 29.0 Å². The van der Waals surface area contributed by atoms with Gasteiger partial charge in [-0.2, -0.15) is 0 Å². The Hall–Kier alpha value is -2.31. The first-order valence-corrected chi connectivity index (χ1v) is 10.1. The third-order valence-electron chi connectivity index (χ3n) is 5.53. The lowest BCUT2D eigenvalue weighted by Crippen LogP contribution is -2.54. The van der Waals surface area contributed by atoms with Crippen molar-refractivity contribution in [3.8, 4) is 0 Å². The van der Waals surface area contributed by atoms with Gasteiger partial charge in [0.05, 0.1) is 6.26 Å². The highest BCUT2D eigenvalue weighted by Crippen LogP contribution is 2.23. The van der Waals surface area contributed by atoms with Gasteiger partial charge in [-0.25, -0.2) is 0 Å². The SMILES string of the molecule is O=C([C@H]1CCCN1C(=O)c1ccco1)N1CCN(Cc2ccc(Cl)cc2)CC1. The van der Waals surface area contributed by atoms with E-state index in [0.717, 1.165) is 37.5 Å². The van der Waals surface area contributed by atoms with E-state index < -0.39 is 0 Å². The minimum Gasteiger partial charge on any atom is -0.459 e. The van der Waals surface area contributed by atoms with Crippen LogP contribution in [0.4, 0.5) is 0 Å². The molecule has 0 saturated carbocycles. The van der Waals surface area contributed by atoms with E-state index in [0.29, 0.717) is 25.4 Å². The summed E-state index contributed by atoms with van der Waals surface area (Å²) >= 11 is 5.95. The molecule has 0 aliphatic carbocycles. The van der Waals surface area contributed by atoms with E-state index in [2.05, 4.69) is 4.90 Å². The summed E-state index contributed by atoms with van der Waals surface area (Å²) in [5.74, 6) is 0.165. The summed E-state index contributed by atoms with van der Waals surface area (Å²) < 4.78 is 5.23. The van der Waals surface area contributed by atoms with Crippen LogP contribution in [0.5, 0.6) is 0 Å². The largest absolute Gasteiger partial charge is 0.459 e. The summed E-state index contributed by atoms with van der Waals surface area (Å²) in [6.45, 7) is 4.48. The number of piperazine rings is 1. The minimum atomic E-state index is -0.375. The van der Waals surface area contributed by atoms with Crippen LogP contribution in [0.2, 0.25) is 5.02 Å². The Bertz CT molecular complexity index is 814. The number of halogens is 1.